The van der Waals surface area contributed by atoms with Gasteiger partial charge in [0.1, 0.15) is 11.6 Å². The molecule has 0 saturated carbocycles. The summed E-state index contributed by atoms with van der Waals surface area (Å²) in [6.07, 6.45) is -2.00. The number of carbonyl (C=O) groups is 1. The number of aliphatic hydroxyl groups is 1. The SMILES string of the molecule is CC(C)Oc1ccc(C(=O)N2CCC3(CC2)CN(CC(F)F)CC(c2ccc(F)cc2)O3)cc1CO. The van der Waals surface area contributed by atoms with Crippen molar-refractivity contribution < 1.29 is 32.5 Å². The van der Waals surface area contributed by atoms with Crippen LogP contribution in [-0.4, -0.2) is 71.7 Å². The first-order valence-electron chi connectivity index (χ1n) is 12.3. The molecule has 2 heterocycles. The number of carbonyl (C=O) groups excluding carboxylic acids is 1. The lowest BCUT2D eigenvalue weighted by atomic mass is 9.87. The van der Waals surface area contributed by atoms with Crippen LogP contribution in [0.15, 0.2) is 42.5 Å². The van der Waals surface area contributed by atoms with Crippen LogP contribution in [-0.2, 0) is 11.3 Å². The second-order valence-electron chi connectivity index (χ2n) is 9.87. The second-order valence-corrected chi connectivity index (χ2v) is 9.87. The van der Waals surface area contributed by atoms with E-state index >= 15 is 0 Å². The summed E-state index contributed by atoms with van der Waals surface area (Å²) in [5, 5.41) is 9.73. The smallest absolute Gasteiger partial charge is 0.253 e. The molecule has 0 aliphatic carbocycles. The van der Waals surface area contributed by atoms with Gasteiger partial charge in [-0.1, -0.05) is 12.1 Å². The number of alkyl halides is 2. The van der Waals surface area contributed by atoms with Gasteiger partial charge in [0.25, 0.3) is 12.3 Å². The number of aliphatic hydroxyl groups excluding tert-OH is 1. The monoisotopic (exact) mass is 506 g/mol. The number of hydrogen-bond acceptors (Lipinski definition) is 5. The molecule has 2 aliphatic heterocycles. The number of rotatable bonds is 7. The molecule has 1 spiro atoms. The van der Waals surface area contributed by atoms with Crippen molar-refractivity contribution in [3.8, 4) is 5.75 Å². The first-order valence-corrected chi connectivity index (χ1v) is 12.3. The Labute approximate surface area is 209 Å². The van der Waals surface area contributed by atoms with Gasteiger partial charge in [-0.2, -0.15) is 0 Å². The van der Waals surface area contributed by atoms with Gasteiger partial charge in [0, 0.05) is 37.3 Å². The predicted molar refractivity (Wildman–Crippen MR) is 129 cm³/mol. The van der Waals surface area contributed by atoms with Gasteiger partial charge in [-0.25, -0.2) is 13.2 Å². The third-order valence-corrected chi connectivity index (χ3v) is 6.77. The fraction of sp³-hybridized carbons (Fsp3) is 0.519. The fourth-order valence-electron chi connectivity index (χ4n) is 5.05. The molecule has 36 heavy (non-hydrogen) atoms. The number of likely N-dealkylation sites (tertiary alicyclic amines) is 1. The number of benzene rings is 2. The quantitative estimate of drug-likeness (QED) is 0.603. The van der Waals surface area contributed by atoms with Gasteiger partial charge in [-0.3, -0.25) is 9.69 Å². The molecule has 2 aromatic rings. The van der Waals surface area contributed by atoms with Crippen LogP contribution in [0.5, 0.6) is 5.75 Å². The van der Waals surface area contributed by atoms with Gasteiger partial charge in [-0.15, -0.1) is 0 Å². The van der Waals surface area contributed by atoms with E-state index in [0.717, 1.165) is 5.56 Å². The van der Waals surface area contributed by atoms with E-state index in [1.54, 1.807) is 40.1 Å². The van der Waals surface area contributed by atoms with Crippen LogP contribution in [0.2, 0.25) is 0 Å². The fourth-order valence-corrected chi connectivity index (χ4v) is 5.05. The summed E-state index contributed by atoms with van der Waals surface area (Å²) in [6, 6.07) is 11.0. The van der Waals surface area contributed by atoms with Gasteiger partial charge in [0.2, 0.25) is 0 Å². The molecule has 0 bridgehead atoms. The maximum Gasteiger partial charge on any atom is 0.253 e. The van der Waals surface area contributed by atoms with Gasteiger partial charge in [-0.05, 0) is 62.6 Å². The summed E-state index contributed by atoms with van der Waals surface area (Å²) >= 11 is 0. The highest BCUT2D eigenvalue weighted by molar-refractivity contribution is 5.94. The van der Waals surface area contributed by atoms with Crippen LogP contribution < -0.4 is 4.74 Å². The first kappa shape index (κ1) is 26.4. The van der Waals surface area contributed by atoms with Crippen LogP contribution in [0, 0.1) is 5.82 Å². The molecule has 2 saturated heterocycles. The average molecular weight is 507 g/mol. The Bertz CT molecular complexity index is 1040. The minimum absolute atomic E-state index is 0.0611. The molecule has 1 N–H and O–H groups in total. The lowest BCUT2D eigenvalue weighted by molar-refractivity contribution is -0.180. The van der Waals surface area contributed by atoms with E-state index in [0.29, 0.717) is 55.9 Å². The molecule has 9 heteroatoms. The second kappa shape index (κ2) is 11.2. The molecule has 196 valence electrons. The van der Waals surface area contributed by atoms with E-state index in [-0.39, 0.29) is 31.0 Å². The van der Waals surface area contributed by atoms with Gasteiger partial charge in [0.15, 0.2) is 0 Å². The minimum Gasteiger partial charge on any atom is -0.491 e. The lowest BCUT2D eigenvalue weighted by Crippen LogP contribution is -2.58. The zero-order valence-electron chi connectivity index (χ0n) is 20.6. The van der Waals surface area contributed by atoms with E-state index in [2.05, 4.69) is 0 Å². The Morgan fingerprint density at radius 2 is 1.86 bits per heavy atom. The molecule has 6 nitrogen and oxygen atoms in total. The van der Waals surface area contributed by atoms with E-state index in [9.17, 15) is 23.1 Å². The number of nitrogens with zero attached hydrogens (tertiary/aromatic N) is 2. The highest BCUT2D eigenvalue weighted by atomic mass is 19.3. The van der Waals surface area contributed by atoms with Crippen molar-refractivity contribution in [2.24, 2.45) is 0 Å². The van der Waals surface area contributed by atoms with Gasteiger partial charge >= 0.3 is 0 Å². The normalized spacial score (nSPS) is 20.3. The third-order valence-electron chi connectivity index (χ3n) is 6.77. The van der Waals surface area contributed by atoms with Crippen molar-refractivity contribution in [2.45, 2.75) is 57.5 Å². The van der Waals surface area contributed by atoms with Crippen molar-refractivity contribution >= 4 is 5.91 Å². The molecule has 1 unspecified atom stereocenters. The summed E-state index contributed by atoms with van der Waals surface area (Å²) in [7, 11) is 0. The molecule has 0 radical (unpaired) electrons. The Balaban J connectivity index is 1.47. The summed E-state index contributed by atoms with van der Waals surface area (Å²) < 4.78 is 52.1. The number of ether oxygens (including phenoxy) is 2. The van der Waals surface area contributed by atoms with Crippen molar-refractivity contribution in [3.63, 3.8) is 0 Å². The number of piperidine rings is 1. The molecule has 0 aromatic heterocycles. The third kappa shape index (κ3) is 6.19. The molecule has 1 amide bonds. The summed E-state index contributed by atoms with van der Waals surface area (Å²) in [4.78, 5) is 16.7. The minimum atomic E-state index is -2.47. The number of morpholine rings is 1. The van der Waals surface area contributed by atoms with E-state index in [1.165, 1.54) is 12.1 Å². The van der Waals surface area contributed by atoms with Crippen LogP contribution in [0.25, 0.3) is 0 Å². The Morgan fingerprint density at radius 1 is 1.17 bits per heavy atom. The number of halogens is 3. The van der Waals surface area contributed by atoms with Crippen LogP contribution in [0.4, 0.5) is 13.2 Å². The van der Waals surface area contributed by atoms with Gasteiger partial charge < -0.3 is 19.5 Å². The van der Waals surface area contributed by atoms with Crippen LogP contribution in [0.1, 0.15) is 54.3 Å². The van der Waals surface area contributed by atoms with Crippen LogP contribution in [0.3, 0.4) is 0 Å². The molecular formula is C27H33F3N2O4. The van der Waals surface area contributed by atoms with E-state index < -0.39 is 18.1 Å². The summed E-state index contributed by atoms with van der Waals surface area (Å²) in [5.41, 5.74) is 1.07. The molecule has 1 atom stereocenters. The topological polar surface area (TPSA) is 62.2 Å². The lowest BCUT2D eigenvalue weighted by Gasteiger charge is -2.50. The van der Waals surface area contributed by atoms with Crippen molar-refractivity contribution in [3.05, 3.63) is 65.0 Å². The predicted octanol–water partition coefficient (Wildman–Crippen LogP) is 4.42. The van der Waals surface area contributed by atoms with E-state index in [1.807, 2.05) is 13.8 Å². The Morgan fingerprint density at radius 3 is 2.47 bits per heavy atom. The summed E-state index contributed by atoms with van der Waals surface area (Å²) in [6.45, 7) is 4.65. The maximum absolute atomic E-state index is 13.4. The standard InChI is InChI=1S/C27H33F3N2O4/c1-18(2)35-23-8-5-20(13-21(23)16-33)26(34)32-11-9-27(10-12-32)17-31(15-25(29)30)14-24(36-27)19-3-6-22(28)7-4-19/h3-8,13,18,24-25,33H,9-12,14-17H2,1-2H3. The zero-order valence-corrected chi connectivity index (χ0v) is 20.6. The van der Waals surface area contributed by atoms with Crippen molar-refractivity contribution in [1.29, 1.82) is 0 Å². The van der Waals surface area contributed by atoms with E-state index in [4.69, 9.17) is 9.47 Å². The van der Waals surface area contributed by atoms with Crippen LogP contribution >= 0.6 is 0 Å². The largest absolute Gasteiger partial charge is 0.491 e. The van der Waals surface area contributed by atoms with Crippen molar-refractivity contribution in [1.82, 2.24) is 9.80 Å². The van der Waals surface area contributed by atoms with Crippen molar-refractivity contribution in [2.75, 3.05) is 32.7 Å². The summed E-state index contributed by atoms with van der Waals surface area (Å²) in [5.74, 6) is 0.0165. The zero-order chi connectivity index (χ0) is 25.9. The Hall–Kier alpha value is -2.62. The highest BCUT2D eigenvalue weighted by Crippen LogP contribution is 2.38. The number of hydrogen-bond donors (Lipinski definition) is 1. The average Bonchev–Trinajstić information content (AvgIpc) is 2.84. The first-order chi connectivity index (χ1) is 17.2. The van der Waals surface area contributed by atoms with Gasteiger partial charge in [0.05, 0.1) is 31.0 Å². The maximum atomic E-state index is 13.4. The Kier molecular flexibility index (Phi) is 8.22. The molecule has 4 rings (SSSR count). The molecule has 2 aliphatic rings. The highest BCUT2D eigenvalue weighted by Gasteiger charge is 2.44. The molecular weight excluding hydrogens is 473 g/mol. The number of amides is 1. The molecule has 2 aromatic carbocycles. The molecule has 2 fully saturated rings.